The van der Waals surface area contributed by atoms with Gasteiger partial charge in [0.25, 0.3) is 0 Å². The minimum Gasteiger partial charge on any atom is -0.444 e. The van der Waals surface area contributed by atoms with E-state index < -0.39 is 5.60 Å². The van der Waals surface area contributed by atoms with E-state index in [9.17, 15) is 9.59 Å². The summed E-state index contributed by atoms with van der Waals surface area (Å²) in [6.45, 7) is 8.87. The van der Waals surface area contributed by atoms with Gasteiger partial charge in [0.1, 0.15) is 5.60 Å². The molecule has 2 amide bonds. The molecular formula is C20H29BrN2O3. The summed E-state index contributed by atoms with van der Waals surface area (Å²) in [7, 11) is 0. The predicted molar refractivity (Wildman–Crippen MR) is 106 cm³/mol. The van der Waals surface area contributed by atoms with E-state index in [1.165, 1.54) is 5.56 Å². The molecule has 0 saturated carbocycles. The average Bonchev–Trinajstić information content (AvgIpc) is 2.53. The van der Waals surface area contributed by atoms with E-state index >= 15 is 0 Å². The zero-order valence-corrected chi connectivity index (χ0v) is 17.7. The van der Waals surface area contributed by atoms with Gasteiger partial charge in [0, 0.05) is 30.0 Å². The van der Waals surface area contributed by atoms with E-state index in [-0.39, 0.29) is 18.0 Å². The van der Waals surface area contributed by atoms with E-state index in [1.54, 1.807) is 4.90 Å². The van der Waals surface area contributed by atoms with Crippen molar-refractivity contribution in [3.8, 4) is 0 Å². The van der Waals surface area contributed by atoms with Gasteiger partial charge in [-0.25, -0.2) is 4.79 Å². The maximum absolute atomic E-state index is 12.2. The number of rotatable bonds is 4. The van der Waals surface area contributed by atoms with Crippen LogP contribution in [0.4, 0.5) is 4.79 Å². The van der Waals surface area contributed by atoms with Crippen molar-refractivity contribution in [3.63, 3.8) is 0 Å². The molecule has 26 heavy (non-hydrogen) atoms. The summed E-state index contributed by atoms with van der Waals surface area (Å²) in [5, 5.41) is 3.09. The third-order valence-corrected chi connectivity index (χ3v) is 5.08. The summed E-state index contributed by atoms with van der Waals surface area (Å²) in [5.74, 6) is 0.0631. The number of hydrogen-bond acceptors (Lipinski definition) is 3. The van der Waals surface area contributed by atoms with Crippen LogP contribution in [-0.4, -0.2) is 41.6 Å². The highest BCUT2D eigenvalue weighted by atomic mass is 79.9. The number of halogens is 1. The molecule has 0 atom stereocenters. The molecule has 0 spiro atoms. The maximum atomic E-state index is 12.2. The topological polar surface area (TPSA) is 58.6 Å². The van der Waals surface area contributed by atoms with Crippen LogP contribution in [0.3, 0.4) is 0 Å². The number of hydrogen-bond donors (Lipinski definition) is 1. The second-order valence-electron chi connectivity index (χ2n) is 7.90. The van der Waals surface area contributed by atoms with Crippen LogP contribution in [0.2, 0.25) is 0 Å². The Kier molecular flexibility index (Phi) is 7.09. The molecule has 1 N–H and O–H groups in total. The van der Waals surface area contributed by atoms with Gasteiger partial charge in [-0.3, -0.25) is 4.79 Å². The monoisotopic (exact) mass is 424 g/mol. The molecular weight excluding hydrogens is 396 g/mol. The number of nitrogens with zero attached hydrogens (tertiary/aromatic N) is 1. The smallest absolute Gasteiger partial charge is 0.410 e. The normalized spacial score (nSPS) is 15.7. The number of aryl methyl sites for hydroxylation is 2. The standard InChI is InChI=1S/C20H29BrN2O3/c1-14-5-6-15(17(21)13-14)7-8-18(24)22-16-9-11-23(12-10-16)19(25)26-20(2,3)4/h5-6,13,16H,7-12H2,1-4H3,(H,22,24). The summed E-state index contributed by atoms with van der Waals surface area (Å²) < 4.78 is 6.45. The van der Waals surface area contributed by atoms with Crippen molar-refractivity contribution in [1.82, 2.24) is 10.2 Å². The van der Waals surface area contributed by atoms with Crippen molar-refractivity contribution in [2.75, 3.05) is 13.1 Å². The predicted octanol–water partition coefficient (Wildman–Crippen LogP) is 4.21. The van der Waals surface area contributed by atoms with Crippen LogP contribution in [0.1, 0.15) is 51.2 Å². The van der Waals surface area contributed by atoms with Crippen molar-refractivity contribution in [2.45, 2.75) is 65.0 Å². The Balaban J connectivity index is 1.73. The molecule has 1 aromatic carbocycles. The van der Waals surface area contributed by atoms with Gasteiger partial charge < -0.3 is 15.0 Å². The van der Waals surface area contributed by atoms with Crippen LogP contribution in [0.15, 0.2) is 22.7 Å². The number of carbonyl (C=O) groups excluding carboxylic acids is 2. The molecule has 144 valence electrons. The Morgan fingerprint density at radius 2 is 1.92 bits per heavy atom. The molecule has 0 unspecified atom stereocenters. The van der Waals surface area contributed by atoms with Gasteiger partial charge in [-0.2, -0.15) is 0 Å². The third kappa shape index (κ3) is 6.63. The second-order valence-corrected chi connectivity index (χ2v) is 8.76. The van der Waals surface area contributed by atoms with E-state index in [2.05, 4.69) is 39.4 Å². The molecule has 1 aliphatic heterocycles. The van der Waals surface area contributed by atoms with Crippen molar-refractivity contribution in [1.29, 1.82) is 0 Å². The van der Waals surface area contributed by atoms with Crippen molar-refractivity contribution < 1.29 is 14.3 Å². The van der Waals surface area contributed by atoms with E-state index in [4.69, 9.17) is 4.74 Å². The van der Waals surface area contributed by atoms with Crippen molar-refractivity contribution in [3.05, 3.63) is 33.8 Å². The molecule has 1 saturated heterocycles. The molecule has 1 heterocycles. The van der Waals surface area contributed by atoms with E-state index in [0.29, 0.717) is 25.9 Å². The molecule has 0 aliphatic carbocycles. The van der Waals surface area contributed by atoms with Crippen molar-refractivity contribution >= 4 is 27.9 Å². The Hall–Kier alpha value is -1.56. The Morgan fingerprint density at radius 3 is 2.50 bits per heavy atom. The molecule has 1 aliphatic rings. The van der Waals surface area contributed by atoms with Gasteiger partial charge in [-0.05, 0) is 64.2 Å². The molecule has 1 aromatic rings. The average molecular weight is 425 g/mol. The van der Waals surface area contributed by atoms with Crippen LogP contribution in [-0.2, 0) is 16.0 Å². The Morgan fingerprint density at radius 1 is 1.27 bits per heavy atom. The molecule has 0 bridgehead atoms. The number of amides is 2. The number of nitrogens with one attached hydrogen (secondary N) is 1. The fraction of sp³-hybridized carbons (Fsp3) is 0.600. The summed E-state index contributed by atoms with van der Waals surface area (Å²) >= 11 is 3.56. The van der Waals surface area contributed by atoms with E-state index in [1.807, 2.05) is 27.7 Å². The highest BCUT2D eigenvalue weighted by molar-refractivity contribution is 9.10. The van der Waals surface area contributed by atoms with E-state index in [0.717, 1.165) is 22.9 Å². The van der Waals surface area contributed by atoms with Crippen LogP contribution in [0, 0.1) is 6.92 Å². The van der Waals surface area contributed by atoms with Crippen LogP contribution in [0.25, 0.3) is 0 Å². The molecule has 0 aromatic heterocycles. The Bertz CT molecular complexity index is 647. The second kappa shape index (κ2) is 8.89. The summed E-state index contributed by atoms with van der Waals surface area (Å²) in [5.41, 5.74) is 1.86. The lowest BCUT2D eigenvalue weighted by Crippen LogP contribution is -2.47. The molecule has 6 heteroatoms. The number of ether oxygens (including phenoxy) is 1. The minimum atomic E-state index is -0.480. The van der Waals surface area contributed by atoms with Crippen molar-refractivity contribution in [2.24, 2.45) is 0 Å². The molecule has 1 fully saturated rings. The van der Waals surface area contributed by atoms with Crippen LogP contribution in [0.5, 0.6) is 0 Å². The fourth-order valence-corrected chi connectivity index (χ4v) is 3.63. The molecule has 0 radical (unpaired) electrons. The summed E-state index contributed by atoms with van der Waals surface area (Å²) in [4.78, 5) is 26.0. The third-order valence-electron chi connectivity index (χ3n) is 4.34. The number of carbonyl (C=O) groups is 2. The number of piperidine rings is 1. The van der Waals surface area contributed by atoms with Gasteiger partial charge in [-0.15, -0.1) is 0 Å². The number of likely N-dealkylation sites (tertiary alicyclic amines) is 1. The first-order valence-electron chi connectivity index (χ1n) is 9.16. The lowest BCUT2D eigenvalue weighted by Gasteiger charge is -2.33. The first-order chi connectivity index (χ1) is 12.1. The zero-order valence-electron chi connectivity index (χ0n) is 16.1. The highest BCUT2D eigenvalue weighted by Gasteiger charge is 2.27. The molecule has 2 rings (SSSR count). The maximum Gasteiger partial charge on any atom is 0.410 e. The SMILES string of the molecule is Cc1ccc(CCC(=O)NC2CCN(C(=O)OC(C)(C)C)CC2)c(Br)c1. The molecule has 5 nitrogen and oxygen atoms in total. The van der Waals surface area contributed by atoms with Gasteiger partial charge in [0.05, 0.1) is 0 Å². The zero-order chi connectivity index (χ0) is 19.3. The number of benzene rings is 1. The van der Waals surface area contributed by atoms with Gasteiger partial charge >= 0.3 is 6.09 Å². The van der Waals surface area contributed by atoms with Gasteiger partial charge in [-0.1, -0.05) is 28.1 Å². The first-order valence-corrected chi connectivity index (χ1v) is 9.95. The van der Waals surface area contributed by atoms with Crippen LogP contribution < -0.4 is 5.32 Å². The largest absolute Gasteiger partial charge is 0.444 e. The van der Waals surface area contributed by atoms with Gasteiger partial charge in [0.15, 0.2) is 0 Å². The lowest BCUT2D eigenvalue weighted by atomic mass is 10.0. The Labute approximate surface area is 164 Å². The minimum absolute atomic E-state index is 0.0631. The first kappa shape index (κ1) is 20.7. The summed E-state index contributed by atoms with van der Waals surface area (Å²) in [6.07, 6.45) is 2.43. The lowest BCUT2D eigenvalue weighted by molar-refractivity contribution is -0.122. The summed E-state index contributed by atoms with van der Waals surface area (Å²) in [6, 6.07) is 6.32. The van der Waals surface area contributed by atoms with Crippen LogP contribution >= 0.6 is 15.9 Å². The fourth-order valence-electron chi connectivity index (χ4n) is 2.94. The van der Waals surface area contributed by atoms with Gasteiger partial charge in [0.2, 0.25) is 5.91 Å². The quantitative estimate of drug-likeness (QED) is 0.787. The highest BCUT2D eigenvalue weighted by Crippen LogP contribution is 2.20.